The van der Waals surface area contributed by atoms with E-state index in [0.717, 1.165) is 12.1 Å². The maximum Gasteiger partial charge on any atom is 0.410 e. The zero-order chi connectivity index (χ0) is 21.8. The van der Waals surface area contributed by atoms with E-state index in [0.29, 0.717) is 32.0 Å². The molecule has 1 aliphatic rings. The molecule has 1 N–H and O–H groups in total. The fourth-order valence-electron chi connectivity index (χ4n) is 2.77. The molecule has 1 saturated heterocycles. The van der Waals surface area contributed by atoms with Crippen LogP contribution in [0.5, 0.6) is 0 Å². The van der Waals surface area contributed by atoms with Crippen LogP contribution >= 0.6 is 0 Å². The molecule has 160 valence electrons. The van der Waals surface area contributed by atoms with Crippen LogP contribution in [0.15, 0.2) is 18.2 Å². The Morgan fingerprint density at radius 2 is 1.79 bits per heavy atom. The summed E-state index contributed by atoms with van der Waals surface area (Å²) < 4.78 is 37.0. The Morgan fingerprint density at radius 3 is 2.34 bits per heavy atom. The molecule has 1 atom stereocenters. The Hall–Kier alpha value is -2.71. The van der Waals surface area contributed by atoms with Crippen LogP contribution in [0.3, 0.4) is 0 Å². The quantitative estimate of drug-likeness (QED) is 0.766. The average molecular weight is 412 g/mol. The average Bonchev–Trinajstić information content (AvgIpc) is 2.62. The van der Waals surface area contributed by atoms with Crippen molar-refractivity contribution in [2.75, 3.05) is 18.4 Å². The Kier molecular flexibility index (Phi) is 7.16. The van der Waals surface area contributed by atoms with Crippen molar-refractivity contribution in [1.82, 2.24) is 4.90 Å². The summed E-state index contributed by atoms with van der Waals surface area (Å²) in [5.41, 5.74) is -0.801. The molecule has 0 aliphatic carbocycles. The minimum atomic E-state index is -1.16. The summed E-state index contributed by atoms with van der Waals surface area (Å²) in [7, 11) is 0. The number of carbonyl (C=O) groups is 3. The lowest BCUT2D eigenvalue weighted by atomic mass is 9.97. The first-order valence-electron chi connectivity index (χ1n) is 9.40. The highest BCUT2D eigenvalue weighted by atomic mass is 19.1. The van der Waals surface area contributed by atoms with Crippen molar-refractivity contribution in [3.63, 3.8) is 0 Å². The molecule has 0 radical (unpaired) electrons. The molecule has 1 aromatic carbocycles. The van der Waals surface area contributed by atoms with E-state index in [9.17, 15) is 23.2 Å². The summed E-state index contributed by atoms with van der Waals surface area (Å²) >= 11 is 0. The second-order valence-electron chi connectivity index (χ2n) is 7.93. The van der Waals surface area contributed by atoms with E-state index in [4.69, 9.17) is 9.47 Å². The van der Waals surface area contributed by atoms with Gasteiger partial charge >= 0.3 is 12.1 Å². The molecule has 0 saturated carbocycles. The minimum Gasteiger partial charge on any atom is -0.452 e. The van der Waals surface area contributed by atoms with Gasteiger partial charge in [-0.2, -0.15) is 0 Å². The van der Waals surface area contributed by atoms with E-state index in [-0.39, 0.29) is 5.69 Å². The van der Waals surface area contributed by atoms with E-state index < -0.39 is 47.2 Å². The minimum absolute atomic E-state index is 0.204. The number of ether oxygens (including phenoxy) is 2. The third-order valence-electron chi connectivity index (χ3n) is 4.33. The van der Waals surface area contributed by atoms with Gasteiger partial charge in [0.1, 0.15) is 17.2 Å². The molecule has 0 aromatic heterocycles. The highest BCUT2D eigenvalue weighted by Gasteiger charge is 2.32. The molecule has 1 fully saturated rings. The lowest BCUT2D eigenvalue weighted by molar-refractivity contribution is -0.158. The summed E-state index contributed by atoms with van der Waals surface area (Å²) in [6.07, 6.45) is -0.813. The van der Waals surface area contributed by atoms with Gasteiger partial charge in [0.05, 0.1) is 11.6 Å². The van der Waals surface area contributed by atoms with Crippen LogP contribution in [0.4, 0.5) is 19.3 Å². The molecule has 0 bridgehead atoms. The van der Waals surface area contributed by atoms with Crippen LogP contribution in [-0.2, 0) is 19.1 Å². The van der Waals surface area contributed by atoms with Gasteiger partial charge in [-0.3, -0.25) is 9.59 Å². The number of carbonyl (C=O) groups excluding carboxylic acids is 3. The number of benzene rings is 1. The van der Waals surface area contributed by atoms with Crippen LogP contribution in [0, 0.1) is 17.6 Å². The predicted molar refractivity (Wildman–Crippen MR) is 101 cm³/mol. The highest BCUT2D eigenvalue weighted by molar-refractivity contribution is 5.95. The van der Waals surface area contributed by atoms with Crippen LogP contribution in [0.25, 0.3) is 0 Å². The molecule has 1 heterocycles. The van der Waals surface area contributed by atoms with E-state index in [2.05, 4.69) is 5.32 Å². The van der Waals surface area contributed by atoms with Crippen molar-refractivity contribution >= 4 is 23.7 Å². The van der Waals surface area contributed by atoms with Crippen LogP contribution in [0.2, 0.25) is 0 Å². The molecule has 7 nitrogen and oxygen atoms in total. The Morgan fingerprint density at radius 1 is 1.17 bits per heavy atom. The summed E-state index contributed by atoms with van der Waals surface area (Å²) in [6, 6.07) is 2.74. The molecule has 1 aliphatic heterocycles. The fraction of sp³-hybridized carbons (Fsp3) is 0.550. The Bertz CT molecular complexity index is 771. The number of amides is 2. The van der Waals surface area contributed by atoms with Gasteiger partial charge in [-0.25, -0.2) is 13.6 Å². The number of piperidine rings is 1. The number of likely N-dealkylation sites (tertiary alicyclic amines) is 1. The van der Waals surface area contributed by atoms with Crippen molar-refractivity contribution in [3.8, 4) is 0 Å². The zero-order valence-corrected chi connectivity index (χ0v) is 17.0. The van der Waals surface area contributed by atoms with Crippen LogP contribution in [-0.4, -0.2) is 47.7 Å². The normalized spacial score (nSPS) is 16.1. The van der Waals surface area contributed by atoms with Gasteiger partial charge in [0.2, 0.25) is 0 Å². The third-order valence-corrected chi connectivity index (χ3v) is 4.33. The van der Waals surface area contributed by atoms with Crippen molar-refractivity contribution < 1.29 is 32.6 Å². The molecular weight excluding hydrogens is 386 g/mol. The largest absolute Gasteiger partial charge is 0.452 e. The zero-order valence-electron chi connectivity index (χ0n) is 17.0. The first-order chi connectivity index (χ1) is 13.5. The number of rotatable bonds is 4. The van der Waals surface area contributed by atoms with Crippen molar-refractivity contribution in [1.29, 1.82) is 0 Å². The molecule has 29 heavy (non-hydrogen) atoms. The van der Waals surface area contributed by atoms with Crippen LogP contribution < -0.4 is 5.32 Å². The van der Waals surface area contributed by atoms with Crippen molar-refractivity contribution in [3.05, 3.63) is 29.8 Å². The van der Waals surface area contributed by atoms with Gasteiger partial charge in [0, 0.05) is 19.2 Å². The number of nitrogens with zero attached hydrogens (tertiary/aromatic N) is 1. The van der Waals surface area contributed by atoms with Crippen molar-refractivity contribution in [2.45, 2.75) is 52.2 Å². The van der Waals surface area contributed by atoms with Gasteiger partial charge in [-0.05, 0) is 52.7 Å². The SMILES string of the molecule is C[C@H](OC(=O)C1CCN(C(=O)OC(C)(C)C)CC1)C(=O)Nc1ccc(F)cc1F. The summed E-state index contributed by atoms with van der Waals surface area (Å²) in [6.45, 7) is 7.38. The second kappa shape index (κ2) is 9.19. The van der Waals surface area contributed by atoms with Gasteiger partial charge in [0.25, 0.3) is 5.91 Å². The number of nitrogens with one attached hydrogen (secondary N) is 1. The standard InChI is InChI=1S/C20H26F2N2O5/c1-12(17(25)23-16-6-5-14(21)11-15(16)22)28-18(26)13-7-9-24(10-8-13)19(27)29-20(2,3)4/h5-6,11-13H,7-10H2,1-4H3,(H,23,25)/t12-/m0/s1. The fourth-order valence-corrected chi connectivity index (χ4v) is 2.77. The first-order valence-corrected chi connectivity index (χ1v) is 9.40. The number of hydrogen-bond acceptors (Lipinski definition) is 5. The second-order valence-corrected chi connectivity index (χ2v) is 7.93. The van der Waals surface area contributed by atoms with E-state index in [1.165, 1.54) is 11.8 Å². The smallest absolute Gasteiger partial charge is 0.410 e. The van der Waals surface area contributed by atoms with Gasteiger partial charge in [-0.15, -0.1) is 0 Å². The number of hydrogen-bond donors (Lipinski definition) is 1. The predicted octanol–water partition coefficient (Wildman–Crippen LogP) is 3.48. The highest BCUT2D eigenvalue weighted by Crippen LogP contribution is 2.22. The lowest BCUT2D eigenvalue weighted by Crippen LogP contribution is -2.43. The number of esters is 1. The van der Waals surface area contributed by atoms with E-state index in [1.807, 2.05) is 0 Å². The molecule has 1 aromatic rings. The van der Waals surface area contributed by atoms with Crippen LogP contribution in [0.1, 0.15) is 40.5 Å². The maximum atomic E-state index is 13.6. The van der Waals surface area contributed by atoms with E-state index in [1.54, 1.807) is 20.8 Å². The topological polar surface area (TPSA) is 84.9 Å². The maximum absolute atomic E-state index is 13.6. The molecule has 9 heteroatoms. The van der Waals surface area contributed by atoms with Gasteiger partial charge < -0.3 is 19.7 Å². The molecular formula is C20H26F2N2O5. The molecule has 0 spiro atoms. The summed E-state index contributed by atoms with van der Waals surface area (Å²) in [4.78, 5) is 38.0. The molecule has 0 unspecified atom stereocenters. The summed E-state index contributed by atoms with van der Waals surface area (Å²) in [5.74, 6) is -3.43. The van der Waals surface area contributed by atoms with Gasteiger partial charge in [-0.1, -0.05) is 0 Å². The Balaban J connectivity index is 1.82. The molecule has 2 rings (SSSR count). The Labute approximate surface area is 168 Å². The first kappa shape index (κ1) is 22.6. The summed E-state index contributed by atoms with van der Waals surface area (Å²) in [5, 5.41) is 2.26. The molecule has 2 amide bonds. The lowest BCUT2D eigenvalue weighted by Gasteiger charge is -2.32. The third kappa shape index (κ3) is 6.69. The monoisotopic (exact) mass is 412 g/mol. The van der Waals surface area contributed by atoms with Crippen molar-refractivity contribution in [2.24, 2.45) is 5.92 Å². The number of anilines is 1. The van der Waals surface area contributed by atoms with Gasteiger partial charge in [0.15, 0.2) is 6.10 Å². The van der Waals surface area contributed by atoms with E-state index >= 15 is 0 Å². The number of halogens is 2.